The predicted molar refractivity (Wildman–Crippen MR) is 88.9 cm³/mol. The van der Waals surface area contributed by atoms with E-state index in [2.05, 4.69) is 46.1 Å². The van der Waals surface area contributed by atoms with Crippen LogP contribution in [-0.2, 0) is 13.1 Å². The Morgan fingerprint density at radius 3 is 2.14 bits per heavy atom. The van der Waals surface area contributed by atoms with E-state index in [-0.39, 0.29) is 0 Å². The molecule has 0 saturated carbocycles. The number of ether oxygens (including phenoxy) is 2. The maximum atomic E-state index is 5.28. The van der Waals surface area contributed by atoms with Gasteiger partial charge in [-0.05, 0) is 48.5 Å². The molecule has 0 aromatic heterocycles. The number of hydrogen-bond donors (Lipinski definition) is 0. The number of methoxy groups -OCH3 is 2. The van der Waals surface area contributed by atoms with Gasteiger partial charge in [0, 0.05) is 17.6 Å². The van der Waals surface area contributed by atoms with Crippen LogP contribution in [0.1, 0.15) is 11.1 Å². The van der Waals surface area contributed by atoms with Crippen molar-refractivity contribution in [3.8, 4) is 11.5 Å². The molecule has 21 heavy (non-hydrogen) atoms. The van der Waals surface area contributed by atoms with E-state index in [0.29, 0.717) is 0 Å². The summed E-state index contributed by atoms with van der Waals surface area (Å²) < 4.78 is 11.6. The molecule has 4 heteroatoms. The zero-order valence-electron chi connectivity index (χ0n) is 12.6. The van der Waals surface area contributed by atoms with E-state index in [4.69, 9.17) is 9.47 Å². The molecule has 0 atom stereocenters. The van der Waals surface area contributed by atoms with Gasteiger partial charge in [0.25, 0.3) is 0 Å². The Kier molecular flexibility index (Phi) is 5.65. The van der Waals surface area contributed by atoms with Crippen molar-refractivity contribution in [3.63, 3.8) is 0 Å². The summed E-state index contributed by atoms with van der Waals surface area (Å²) in [5.41, 5.74) is 2.47. The van der Waals surface area contributed by atoms with Gasteiger partial charge in [-0.1, -0.05) is 28.1 Å². The minimum atomic E-state index is 0.851. The van der Waals surface area contributed by atoms with Gasteiger partial charge in [0.1, 0.15) is 11.5 Å². The van der Waals surface area contributed by atoms with Crippen LogP contribution >= 0.6 is 15.9 Å². The largest absolute Gasteiger partial charge is 0.497 e. The first-order chi connectivity index (χ1) is 10.1. The molecule has 0 unspecified atom stereocenters. The summed E-state index contributed by atoms with van der Waals surface area (Å²) in [5, 5.41) is 0. The van der Waals surface area contributed by atoms with Crippen molar-refractivity contribution in [2.24, 2.45) is 0 Å². The first-order valence-electron chi connectivity index (χ1n) is 6.76. The third-order valence-electron chi connectivity index (χ3n) is 3.30. The Morgan fingerprint density at radius 1 is 0.905 bits per heavy atom. The normalized spacial score (nSPS) is 10.7. The van der Waals surface area contributed by atoms with Crippen LogP contribution in [0.15, 0.2) is 46.9 Å². The summed E-state index contributed by atoms with van der Waals surface area (Å²) in [6.07, 6.45) is 0. The number of benzene rings is 2. The first-order valence-corrected chi connectivity index (χ1v) is 7.55. The van der Waals surface area contributed by atoms with Gasteiger partial charge < -0.3 is 9.47 Å². The Balaban J connectivity index is 2.02. The molecule has 2 aromatic carbocycles. The van der Waals surface area contributed by atoms with Crippen molar-refractivity contribution in [2.45, 2.75) is 13.1 Å². The highest BCUT2D eigenvalue weighted by Gasteiger charge is 2.07. The zero-order valence-corrected chi connectivity index (χ0v) is 14.2. The molecule has 3 nitrogen and oxygen atoms in total. The van der Waals surface area contributed by atoms with Gasteiger partial charge >= 0.3 is 0 Å². The lowest BCUT2D eigenvalue weighted by Crippen LogP contribution is -2.17. The number of nitrogens with zero attached hydrogens (tertiary/aromatic N) is 1. The van der Waals surface area contributed by atoms with E-state index in [0.717, 1.165) is 29.1 Å². The van der Waals surface area contributed by atoms with Gasteiger partial charge in [0.2, 0.25) is 0 Å². The van der Waals surface area contributed by atoms with Crippen molar-refractivity contribution < 1.29 is 9.47 Å². The molecule has 0 aliphatic rings. The van der Waals surface area contributed by atoms with Crippen LogP contribution in [0.25, 0.3) is 0 Å². The third kappa shape index (κ3) is 4.48. The van der Waals surface area contributed by atoms with E-state index in [1.807, 2.05) is 24.3 Å². The molecule has 112 valence electrons. The molecule has 0 N–H and O–H groups in total. The smallest absolute Gasteiger partial charge is 0.119 e. The molecular weight excluding hydrogens is 330 g/mol. The summed E-state index contributed by atoms with van der Waals surface area (Å²) in [6.45, 7) is 1.73. The van der Waals surface area contributed by atoms with Crippen LogP contribution in [-0.4, -0.2) is 26.2 Å². The molecule has 0 amide bonds. The summed E-state index contributed by atoms with van der Waals surface area (Å²) in [6, 6.07) is 14.2. The lowest BCUT2D eigenvalue weighted by atomic mass is 10.1. The molecule has 2 aromatic rings. The standard InChI is InChI=1S/C17H20BrNO2/c1-19(11-13-4-6-15(20-2)7-5-13)12-14-10-16(21-3)8-9-17(14)18/h4-10H,11-12H2,1-3H3. The van der Waals surface area contributed by atoms with Gasteiger partial charge in [0.05, 0.1) is 14.2 Å². The minimum Gasteiger partial charge on any atom is -0.497 e. The Hall–Kier alpha value is -1.52. The lowest BCUT2D eigenvalue weighted by molar-refractivity contribution is 0.317. The van der Waals surface area contributed by atoms with Gasteiger partial charge in [-0.25, -0.2) is 0 Å². The average Bonchev–Trinajstić information content (AvgIpc) is 2.50. The molecule has 0 spiro atoms. The Bertz CT molecular complexity index is 584. The predicted octanol–water partition coefficient (Wildman–Crippen LogP) is 4.10. The topological polar surface area (TPSA) is 21.7 Å². The molecule has 2 rings (SSSR count). The Labute approximate surface area is 134 Å². The van der Waals surface area contributed by atoms with Crippen LogP contribution in [0.5, 0.6) is 11.5 Å². The van der Waals surface area contributed by atoms with Crippen molar-refractivity contribution >= 4 is 15.9 Å². The van der Waals surface area contributed by atoms with Crippen LogP contribution in [0.3, 0.4) is 0 Å². The van der Waals surface area contributed by atoms with Gasteiger partial charge in [-0.15, -0.1) is 0 Å². The van der Waals surface area contributed by atoms with Crippen LogP contribution in [0.4, 0.5) is 0 Å². The fraction of sp³-hybridized carbons (Fsp3) is 0.294. The fourth-order valence-corrected chi connectivity index (χ4v) is 2.56. The molecule has 0 fully saturated rings. The van der Waals surface area contributed by atoms with Crippen LogP contribution in [0, 0.1) is 0 Å². The van der Waals surface area contributed by atoms with Crippen molar-refractivity contribution in [2.75, 3.05) is 21.3 Å². The van der Waals surface area contributed by atoms with Crippen LogP contribution < -0.4 is 9.47 Å². The first kappa shape index (κ1) is 15.9. The second-order valence-corrected chi connectivity index (χ2v) is 5.83. The van der Waals surface area contributed by atoms with E-state index < -0.39 is 0 Å². The van der Waals surface area contributed by atoms with Gasteiger partial charge in [-0.3, -0.25) is 4.90 Å². The van der Waals surface area contributed by atoms with Crippen molar-refractivity contribution in [1.82, 2.24) is 4.90 Å². The molecule has 0 heterocycles. The highest BCUT2D eigenvalue weighted by atomic mass is 79.9. The highest BCUT2D eigenvalue weighted by molar-refractivity contribution is 9.10. The van der Waals surface area contributed by atoms with Crippen molar-refractivity contribution in [1.29, 1.82) is 0 Å². The SMILES string of the molecule is COc1ccc(CN(C)Cc2cc(OC)ccc2Br)cc1. The number of rotatable bonds is 6. The highest BCUT2D eigenvalue weighted by Crippen LogP contribution is 2.24. The summed E-state index contributed by atoms with van der Waals surface area (Å²) in [7, 11) is 5.48. The molecule has 0 saturated heterocycles. The summed E-state index contributed by atoms with van der Waals surface area (Å²) >= 11 is 3.59. The molecule has 0 bridgehead atoms. The quantitative estimate of drug-likeness (QED) is 0.783. The Morgan fingerprint density at radius 2 is 1.52 bits per heavy atom. The minimum absolute atomic E-state index is 0.851. The fourth-order valence-electron chi connectivity index (χ4n) is 2.19. The second-order valence-electron chi connectivity index (χ2n) is 4.98. The molecule has 0 aliphatic carbocycles. The number of halogens is 1. The molecule has 0 aliphatic heterocycles. The van der Waals surface area contributed by atoms with Crippen LogP contribution in [0.2, 0.25) is 0 Å². The van der Waals surface area contributed by atoms with Crippen molar-refractivity contribution in [3.05, 3.63) is 58.1 Å². The van der Waals surface area contributed by atoms with Gasteiger partial charge in [-0.2, -0.15) is 0 Å². The average molecular weight is 350 g/mol. The second kappa shape index (κ2) is 7.48. The zero-order chi connectivity index (χ0) is 15.2. The maximum Gasteiger partial charge on any atom is 0.119 e. The monoisotopic (exact) mass is 349 g/mol. The van der Waals surface area contributed by atoms with Gasteiger partial charge in [0.15, 0.2) is 0 Å². The molecular formula is C17H20BrNO2. The summed E-state index contributed by atoms with van der Waals surface area (Å²) in [5.74, 6) is 1.77. The third-order valence-corrected chi connectivity index (χ3v) is 4.08. The van der Waals surface area contributed by atoms with E-state index in [1.54, 1.807) is 14.2 Å². The lowest BCUT2D eigenvalue weighted by Gasteiger charge is -2.18. The maximum absolute atomic E-state index is 5.28. The summed E-state index contributed by atoms with van der Waals surface area (Å²) in [4.78, 5) is 2.27. The van der Waals surface area contributed by atoms with E-state index in [1.165, 1.54) is 11.1 Å². The number of hydrogen-bond acceptors (Lipinski definition) is 3. The van der Waals surface area contributed by atoms with E-state index in [9.17, 15) is 0 Å². The molecule has 0 radical (unpaired) electrons. The van der Waals surface area contributed by atoms with E-state index >= 15 is 0 Å².